The van der Waals surface area contributed by atoms with Crippen LogP contribution in [-0.4, -0.2) is 22.2 Å². The van der Waals surface area contributed by atoms with Gasteiger partial charge < -0.3 is 5.32 Å². The molecule has 0 radical (unpaired) electrons. The van der Waals surface area contributed by atoms with Gasteiger partial charge in [-0.3, -0.25) is 4.79 Å². The molecule has 1 amide bonds. The third kappa shape index (κ3) is 3.49. The number of aromatic nitrogens is 2. The van der Waals surface area contributed by atoms with Crippen LogP contribution in [0.25, 0.3) is 11.8 Å². The first kappa shape index (κ1) is 15.3. The number of likely N-dealkylation sites (N-methyl/N-ethyl adjacent to an activating group) is 1. The smallest absolute Gasteiger partial charge is 0.243 e. The van der Waals surface area contributed by atoms with Crippen molar-refractivity contribution in [1.82, 2.24) is 15.1 Å². The first-order chi connectivity index (χ1) is 10.0. The van der Waals surface area contributed by atoms with Gasteiger partial charge in [0, 0.05) is 18.2 Å². The monoisotopic (exact) mass is 307 g/mol. The van der Waals surface area contributed by atoms with Crippen LogP contribution in [0.1, 0.15) is 18.2 Å². The molecule has 0 aliphatic heterocycles. The maximum atomic E-state index is 13.0. The molecule has 1 heterocycles. The minimum absolute atomic E-state index is 0.192. The Bertz CT molecular complexity index is 677. The summed E-state index contributed by atoms with van der Waals surface area (Å²) in [7, 11) is 0. The van der Waals surface area contributed by atoms with Gasteiger partial charge in [-0.2, -0.15) is 5.10 Å². The maximum Gasteiger partial charge on any atom is 0.243 e. The molecule has 0 spiro atoms. The number of nitrogens with zero attached hydrogens (tertiary/aromatic N) is 2. The second-order valence-electron chi connectivity index (χ2n) is 4.41. The van der Waals surface area contributed by atoms with Gasteiger partial charge in [-0.05, 0) is 44.2 Å². The van der Waals surface area contributed by atoms with Crippen molar-refractivity contribution in [3.63, 3.8) is 0 Å². The van der Waals surface area contributed by atoms with Gasteiger partial charge in [0.1, 0.15) is 11.0 Å². The fraction of sp³-hybridized carbons (Fsp3) is 0.200. The Morgan fingerprint density at radius 3 is 2.71 bits per heavy atom. The van der Waals surface area contributed by atoms with Crippen LogP contribution in [0.2, 0.25) is 5.15 Å². The van der Waals surface area contributed by atoms with Crippen molar-refractivity contribution in [3.8, 4) is 5.69 Å². The molecular formula is C15H15ClFN3O. The highest BCUT2D eigenvalue weighted by Crippen LogP contribution is 2.24. The van der Waals surface area contributed by atoms with E-state index in [1.807, 2.05) is 6.92 Å². The Morgan fingerprint density at radius 1 is 1.43 bits per heavy atom. The number of amides is 1. The predicted molar refractivity (Wildman–Crippen MR) is 81.0 cm³/mol. The molecule has 0 aliphatic rings. The molecule has 2 aromatic rings. The van der Waals surface area contributed by atoms with E-state index in [1.54, 1.807) is 25.1 Å². The summed E-state index contributed by atoms with van der Waals surface area (Å²) in [6.45, 7) is 4.20. The number of hydrogen-bond donors (Lipinski definition) is 1. The Kier molecular flexibility index (Phi) is 4.75. The highest BCUT2D eigenvalue weighted by Gasteiger charge is 2.12. The number of nitrogens with one attached hydrogen (secondary N) is 1. The minimum Gasteiger partial charge on any atom is -0.353 e. The van der Waals surface area contributed by atoms with Gasteiger partial charge in [-0.15, -0.1) is 0 Å². The van der Waals surface area contributed by atoms with Gasteiger partial charge in [-0.25, -0.2) is 9.07 Å². The SMILES string of the molecule is CCNC(=O)C=Cc1c(C)nn(-c2ccc(F)cc2)c1Cl. The molecule has 6 heteroatoms. The van der Waals surface area contributed by atoms with E-state index in [1.165, 1.54) is 22.9 Å². The fourth-order valence-corrected chi connectivity index (χ4v) is 2.18. The van der Waals surface area contributed by atoms with Gasteiger partial charge in [0.2, 0.25) is 5.91 Å². The van der Waals surface area contributed by atoms with E-state index in [-0.39, 0.29) is 11.7 Å². The molecule has 0 unspecified atom stereocenters. The number of halogens is 2. The average Bonchev–Trinajstić information content (AvgIpc) is 2.73. The molecule has 1 aromatic carbocycles. The van der Waals surface area contributed by atoms with Crippen molar-refractivity contribution in [1.29, 1.82) is 0 Å². The summed E-state index contributed by atoms with van der Waals surface area (Å²) in [5.74, 6) is -0.516. The molecule has 0 atom stereocenters. The normalized spacial score (nSPS) is 11.0. The number of carbonyl (C=O) groups excluding carboxylic acids is 1. The minimum atomic E-state index is -0.324. The highest BCUT2D eigenvalue weighted by molar-refractivity contribution is 6.31. The van der Waals surface area contributed by atoms with Crippen molar-refractivity contribution in [2.24, 2.45) is 0 Å². The molecule has 1 N–H and O–H groups in total. The third-order valence-corrected chi connectivity index (χ3v) is 3.24. The summed E-state index contributed by atoms with van der Waals surface area (Å²) >= 11 is 6.29. The zero-order valence-electron chi connectivity index (χ0n) is 11.7. The molecule has 0 saturated carbocycles. The number of rotatable bonds is 4. The number of carbonyl (C=O) groups is 1. The maximum absolute atomic E-state index is 13.0. The van der Waals surface area contributed by atoms with Crippen LogP contribution >= 0.6 is 11.6 Å². The van der Waals surface area contributed by atoms with Crippen molar-refractivity contribution in [2.45, 2.75) is 13.8 Å². The van der Waals surface area contributed by atoms with Crippen LogP contribution in [0.5, 0.6) is 0 Å². The summed E-state index contributed by atoms with van der Waals surface area (Å²) in [5, 5.41) is 7.35. The summed E-state index contributed by atoms with van der Waals surface area (Å²) < 4.78 is 14.5. The number of benzene rings is 1. The van der Waals surface area contributed by atoms with Gasteiger partial charge in [0.15, 0.2) is 0 Å². The lowest BCUT2D eigenvalue weighted by Crippen LogP contribution is -2.19. The Hall–Kier alpha value is -2.14. The molecule has 2 rings (SSSR count). The zero-order valence-corrected chi connectivity index (χ0v) is 12.5. The van der Waals surface area contributed by atoms with Gasteiger partial charge in [-0.1, -0.05) is 11.6 Å². The molecular weight excluding hydrogens is 293 g/mol. The molecule has 1 aromatic heterocycles. The van der Waals surface area contributed by atoms with Gasteiger partial charge in [0.25, 0.3) is 0 Å². The molecule has 21 heavy (non-hydrogen) atoms. The molecule has 110 valence electrons. The Morgan fingerprint density at radius 2 is 2.10 bits per heavy atom. The lowest BCUT2D eigenvalue weighted by Gasteiger charge is -2.02. The fourth-order valence-electron chi connectivity index (χ4n) is 1.85. The standard InChI is InChI=1S/C15H15ClFN3O/c1-3-18-14(21)9-8-13-10(2)19-20(15(13)16)12-6-4-11(17)5-7-12/h4-9H,3H2,1-2H3,(H,18,21). The van der Waals surface area contributed by atoms with E-state index in [2.05, 4.69) is 10.4 Å². The van der Waals surface area contributed by atoms with Crippen LogP contribution in [-0.2, 0) is 4.79 Å². The zero-order chi connectivity index (χ0) is 15.4. The second-order valence-corrected chi connectivity index (χ2v) is 4.76. The van der Waals surface area contributed by atoms with E-state index in [0.717, 1.165) is 0 Å². The molecule has 0 saturated heterocycles. The van der Waals surface area contributed by atoms with Crippen molar-refractivity contribution in [3.05, 3.63) is 52.6 Å². The Balaban J connectivity index is 2.33. The quantitative estimate of drug-likeness (QED) is 0.882. The topological polar surface area (TPSA) is 46.9 Å². The number of hydrogen-bond acceptors (Lipinski definition) is 2. The highest BCUT2D eigenvalue weighted by atomic mass is 35.5. The first-order valence-corrected chi connectivity index (χ1v) is 6.87. The second kappa shape index (κ2) is 6.54. The summed E-state index contributed by atoms with van der Waals surface area (Å²) in [6.07, 6.45) is 3.03. The van der Waals surface area contributed by atoms with E-state index < -0.39 is 0 Å². The van der Waals surface area contributed by atoms with Crippen LogP contribution in [0.4, 0.5) is 4.39 Å². The Labute approximate surface area is 127 Å². The molecule has 4 nitrogen and oxygen atoms in total. The summed E-state index contributed by atoms with van der Waals surface area (Å²) in [4.78, 5) is 11.4. The van der Waals surface area contributed by atoms with Crippen LogP contribution in [0.3, 0.4) is 0 Å². The van der Waals surface area contributed by atoms with Crippen LogP contribution in [0.15, 0.2) is 30.3 Å². The number of aryl methyl sites for hydroxylation is 1. The van der Waals surface area contributed by atoms with Gasteiger partial charge in [0.05, 0.1) is 11.4 Å². The van der Waals surface area contributed by atoms with Crippen LogP contribution < -0.4 is 5.32 Å². The van der Waals surface area contributed by atoms with E-state index >= 15 is 0 Å². The van der Waals surface area contributed by atoms with Crippen molar-refractivity contribution in [2.75, 3.05) is 6.54 Å². The lowest BCUT2D eigenvalue weighted by atomic mass is 10.2. The summed E-state index contributed by atoms with van der Waals surface area (Å²) in [5.41, 5.74) is 2.00. The van der Waals surface area contributed by atoms with Crippen LogP contribution in [0, 0.1) is 12.7 Å². The van der Waals surface area contributed by atoms with Crippen molar-refractivity contribution >= 4 is 23.6 Å². The van der Waals surface area contributed by atoms with E-state index in [0.29, 0.717) is 28.6 Å². The largest absolute Gasteiger partial charge is 0.353 e. The average molecular weight is 308 g/mol. The third-order valence-electron chi connectivity index (χ3n) is 2.87. The van der Waals surface area contributed by atoms with Gasteiger partial charge >= 0.3 is 0 Å². The van der Waals surface area contributed by atoms with Crippen molar-refractivity contribution < 1.29 is 9.18 Å². The first-order valence-electron chi connectivity index (χ1n) is 6.50. The summed E-state index contributed by atoms with van der Waals surface area (Å²) in [6, 6.07) is 5.86. The predicted octanol–water partition coefficient (Wildman–Crippen LogP) is 3.12. The van der Waals surface area contributed by atoms with E-state index in [9.17, 15) is 9.18 Å². The van der Waals surface area contributed by atoms with E-state index in [4.69, 9.17) is 11.6 Å². The lowest BCUT2D eigenvalue weighted by molar-refractivity contribution is -0.116. The molecule has 0 aliphatic carbocycles. The molecule has 0 fully saturated rings. The molecule has 0 bridgehead atoms.